The molecule has 2 aromatic rings. The van der Waals surface area contributed by atoms with E-state index in [2.05, 4.69) is 16.9 Å². The Morgan fingerprint density at radius 3 is 2.82 bits per heavy atom. The van der Waals surface area contributed by atoms with Crippen LogP contribution in [0.3, 0.4) is 0 Å². The number of hydrogen-bond donors (Lipinski definition) is 1. The van der Waals surface area contributed by atoms with E-state index in [1.54, 1.807) is 7.11 Å². The van der Waals surface area contributed by atoms with E-state index >= 15 is 0 Å². The standard InChI is InChI=1S/C17H23N3O2/c1-12(11-22-2)13-7-9-20(10-8-13)17(21)16-18-14-5-3-4-6-15(14)19-16/h3-6,12-13H,7-11H2,1-2H3,(H,18,19)/t12-/m0/s1. The largest absolute Gasteiger partial charge is 0.384 e. The van der Waals surface area contributed by atoms with Gasteiger partial charge in [-0.1, -0.05) is 19.1 Å². The van der Waals surface area contributed by atoms with E-state index in [-0.39, 0.29) is 5.91 Å². The number of para-hydroxylation sites is 2. The first-order valence-corrected chi connectivity index (χ1v) is 7.92. The number of imidazole rings is 1. The van der Waals surface area contributed by atoms with Crippen molar-refractivity contribution in [1.29, 1.82) is 0 Å². The molecule has 118 valence electrons. The normalized spacial score (nSPS) is 17.8. The number of piperidine rings is 1. The molecule has 1 fully saturated rings. The molecular formula is C17H23N3O2. The second-order valence-electron chi connectivity index (χ2n) is 6.16. The molecule has 0 radical (unpaired) electrons. The Bertz CT molecular complexity index is 611. The summed E-state index contributed by atoms with van der Waals surface area (Å²) in [6, 6.07) is 7.73. The van der Waals surface area contributed by atoms with Crippen molar-refractivity contribution in [3.63, 3.8) is 0 Å². The first kappa shape index (κ1) is 15.0. The zero-order valence-corrected chi connectivity index (χ0v) is 13.2. The van der Waals surface area contributed by atoms with Gasteiger partial charge in [0.2, 0.25) is 0 Å². The molecule has 1 aromatic carbocycles. The quantitative estimate of drug-likeness (QED) is 0.944. The van der Waals surface area contributed by atoms with Crippen LogP contribution < -0.4 is 0 Å². The van der Waals surface area contributed by atoms with Gasteiger partial charge in [-0.2, -0.15) is 0 Å². The van der Waals surface area contributed by atoms with Crippen molar-refractivity contribution in [2.75, 3.05) is 26.8 Å². The number of benzene rings is 1. The molecule has 0 aliphatic carbocycles. The number of nitrogens with one attached hydrogen (secondary N) is 1. The van der Waals surface area contributed by atoms with Crippen LogP contribution in [0.4, 0.5) is 0 Å². The first-order valence-electron chi connectivity index (χ1n) is 7.92. The zero-order chi connectivity index (χ0) is 15.5. The molecule has 3 rings (SSSR count). The molecule has 5 heteroatoms. The maximum absolute atomic E-state index is 12.6. The molecule has 0 spiro atoms. The van der Waals surface area contributed by atoms with Gasteiger partial charge in [-0.15, -0.1) is 0 Å². The molecule has 1 atom stereocenters. The van der Waals surface area contributed by atoms with Gasteiger partial charge < -0.3 is 14.6 Å². The summed E-state index contributed by atoms with van der Waals surface area (Å²) in [5.74, 6) is 1.65. The molecule has 1 amide bonds. The fraction of sp³-hybridized carbons (Fsp3) is 0.529. The number of ether oxygens (including phenoxy) is 1. The summed E-state index contributed by atoms with van der Waals surface area (Å²) < 4.78 is 5.24. The predicted octanol–water partition coefficient (Wildman–Crippen LogP) is 2.70. The fourth-order valence-corrected chi connectivity index (χ4v) is 3.27. The zero-order valence-electron chi connectivity index (χ0n) is 13.2. The van der Waals surface area contributed by atoms with E-state index in [4.69, 9.17) is 4.74 Å². The highest BCUT2D eigenvalue weighted by molar-refractivity contribution is 5.94. The Kier molecular flexibility index (Phi) is 4.43. The van der Waals surface area contributed by atoms with Crippen molar-refractivity contribution in [3.8, 4) is 0 Å². The van der Waals surface area contributed by atoms with Crippen LogP contribution in [-0.2, 0) is 4.74 Å². The van der Waals surface area contributed by atoms with Gasteiger partial charge in [0.15, 0.2) is 5.82 Å². The molecule has 1 N–H and O–H groups in total. The highest BCUT2D eigenvalue weighted by atomic mass is 16.5. The van der Waals surface area contributed by atoms with E-state index in [0.29, 0.717) is 17.7 Å². The number of rotatable bonds is 4. The van der Waals surface area contributed by atoms with Gasteiger partial charge >= 0.3 is 0 Å². The monoisotopic (exact) mass is 301 g/mol. The Morgan fingerprint density at radius 2 is 2.14 bits per heavy atom. The minimum Gasteiger partial charge on any atom is -0.384 e. The van der Waals surface area contributed by atoms with E-state index in [0.717, 1.165) is 43.6 Å². The molecule has 5 nitrogen and oxygen atoms in total. The number of carbonyl (C=O) groups excluding carboxylic acids is 1. The summed E-state index contributed by atoms with van der Waals surface area (Å²) in [5, 5.41) is 0. The first-order chi connectivity index (χ1) is 10.7. The second kappa shape index (κ2) is 6.48. The third-order valence-corrected chi connectivity index (χ3v) is 4.65. The number of amides is 1. The molecule has 1 saturated heterocycles. The summed E-state index contributed by atoms with van der Waals surface area (Å²) in [4.78, 5) is 22.0. The van der Waals surface area contributed by atoms with Crippen LogP contribution in [0.2, 0.25) is 0 Å². The average molecular weight is 301 g/mol. The van der Waals surface area contributed by atoms with Gasteiger partial charge in [0.1, 0.15) is 0 Å². The van der Waals surface area contributed by atoms with Crippen molar-refractivity contribution in [2.24, 2.45) is 11.8 Å². The number of nitrogens with zero attached hydrogens (tertiary/aromatic N) is 2. The summed E-state index contributed by atoms with van der Waals surface area (Å²) >= 11 is 0. The summed E-state index contributed by atoms with van der Waals surface area (Å²) in [5.41, 5.74) is 1.75. The topological polar surface area (TPSA) is 58.2 Å². The van der Waals surface area contributed by atoms with E-state index in [1.165, 1.54) is 0 Å². The fourth-order valence-electron chi connectivity index (χ4n) is 3.27. The van der Waals surface area contributed by atoms with Crippen LogP contribution >= 0.6 is 0 Å². The summed E-state index contributed by atoms with van der Waals surface area (Å²) in [7, 11) is 1.75. The number of aromatic nitrogens is 2. The molecule has 0 saturated carbocycles. The van der Waals surface area contributed by atoms with E-state index in [9.17, 15) is 4.79 Å². The van der Waals surface area contributed by atoms with Crippen molar-refractivity contribution in [1.82, 2.24) is 14.9 Å². The van der Waals surface area contributed by atoms with Gasteiger partial charge in [0, 0.05) is 26.8 Å². The SMILES string of the molecule is COC[C@H](C)C1CCN(C(=O)c2nc3ccccc3[nH]2)CC1. The maximum Gasteiger partial charge on any atom is 0.289 e. The Labute approximate surface area is 130 Å². The van der Waals surface area contributed by atoms with Crippen LogP contribution in [0.15, 0.2) is 24.3 Å². The van der Waals surface area contributed by atoms with Crippen molar-refractivity contribution >= 4 is 16.9 Å². The Morgan fingerprint density at radius 1 is 1.41 bits per heavy atom. The average Bonchev–Trinajstić information content (AvgIpc) is 2.98. The summed E-state index contributed by atoms with van der Waals surface area (Å²) in [6.07, 6.45) is 2.08. The lowest BCUT2D eigenvalue weighted by atomic mass is 9.86. The molecule has 22 heavy (non-hydrogen) atoms. The third kappa shape index (κ3) is 2.99. The predicted molar refractivity (Wildman–Crippen MR) is 85.8 cm³/mol. The lowest BCUT2D eigenvalue weighted by Gasteiger charge is -2.34. The van der Waals surface area contributed by atoms with Crippen LogP contribution in [0.25, 0.3) is 11.0 Å². The van der Waals surface area contributed by atoms with Crippen LogP contribution in [0.1, 0.15) is 30.4 Å². The molecule has 1 aliphatic heterocycles. The van der Waals surface area contributed by atoms with Crippen molar-refractivity contribution < 1.29 is 9.53 Å². The van der Waals surface area contributed by atoms with Gasteiger partial charge in [0.05, 0.1) is 11.0 Å². The number of likely N-dealkylation sites (tertiary alicyclic amines) is 1. The molecule has 1 aliphatic rings. The van der Waals surface area contributed by atoms with Crippen molar-refractivity contribution in [2.45, 2.75) is 19.8 Å². The number of carbonyl (C=O) groups is 1. The van der Waals surface area contributed by atoms with Gasteiger partial charge in [0.25, 0.3) is 5.91 Å². The molecular weight excluding hydrogens is 278 g/mol. The smallest absolute Gasteiger partial charge is 0.289 e. The van der Waals surface area contributed by atoms with Crippen LogP contribution in [0, 0.1) is 11.8 Å². The lowest BCUT2D eigenvalue weighted by Crippen LogP contribution is -2.40. The lowest BCUT2D eigenvalue weighted by molar-refractivity contribution is 0.0589. The second-order valence-corrected chi connectivity index (χ2v) is 6.16. The number of hydrogen-bond acceptors (Lipinski definition) is 3. The van der Waals surface area contributed by atoms with Gasteiger partial charge in [-0.25, -0.2) is 4.98 Å². The molecule has 1 aromatic heterocycles. The minimum absolute atomic E-state index is 0.00837. The molecule has 2 heterocycles. The highest BCUT2D eigenvalue weighted by Crippen LogP contribution is 2.26. The minimum atomic E-state index is 0.00837. The van der Waals surface area contributed by atoms with E-state index < -0.39 is 0 Å². The van der Waals surface area contributed by atoms with Crippen molar-refractivity contribution in [3.05, 3.63) is 30.1 Å². The molecule has 0 bridgehead atoms. The highest BCUT2D eigenvalue weighted by Gasteiger charge is 2.28. The number of fused-ring (bicyclic) bond motifs is 1. The third-order valence-electron chi connectivity index (χ3n) is 4.65. The molecule has 0 unspecified atom stereocenters. The Hall–Kier alpha value is -1.88. The maximum atomic E-state index is 12.6. The van der Waals surface area contributed by atoms with Crippen LogP contribution in [-0.4, -0.2) is 47.6 Å². The number of methoxy groups -OCH3 is 1. The number of H-pyrrole nitrogens is 1. The summed E-state index contributed by atoms with van der Waals surface area (Å²) in [6.45, 7) is 4.62. The van der Waals surface area contributed by atoms with Crippen LogP contribution in [0.5, 0.6) is 0 Å². The van der Waals surface area contributed by atoms with E-state index in [1.807, 2.05) is 29.2 Å². The van der Waals surface area contributed by atoms with Gasteiger partial charge in [-0.3, -0.25) is 4.79 Å². The Balaban J connectivity index is 1.64. The van der Waals surface area contributed by atoms with Gasteiger partial charge in [-0.05, 0) is 36.8 Å². The number of aromatic amines is 1.